The van der Waals surface area contributed by atoms with Gasteiger partial charge >= 0.3 is 5.97 Å². The summed E-state index contributed by atoms with van der Waals surface area (Å²) in [6, 6.07) is 7.11. The lowest BCUT2D eigenvalue weighted by molar-refractivity contribution is -0.138. The molecule has 1 aliphatic heterocycles. The van der Waals surface area contributed by atoms with Crippen LogP contribution in [0.15, 0.2) is 24.3 Å². The second kappa shape index (κ2) is 7.78. The van der Waals surface area contributed by atoms with E-state index in [-0.39, 0.29) is 12.6 Å². The number of halogens is 1. The number of hydrogen-bond donors (Lipinski definition) is 2. The summed E-state index contributed by atoms with van der Waals surface area (Å²) in [4.78, 5) is 14.5. The van der Waals surface area contributed by atoms with E-state index >= 15 is 0 Å². The number of rotatable bonds is 7. The molecule has 0 aliphatic carbocycles. The molecule has 2 rings (SSSR count). The summed E-state index contributed by atoms with van der Waals surface area (Å²) < 4.78 is 5.63. The van der Waals surface area contributed by atoms with Crippen LogP contribution in [0, 0.1) is 0 Å². The van der Waals surface area contributed by atoms with Crippen LogP contribution in [0.25, 0.3) is 0 Å². The molecule has 0 aromatic heterocycles. The largest absolute Gasteiger partial charge is 0.491 e. The van der Waals surface area contributed by atoms with Crippen LogP contribution in [0.5, 0.6) is 5.75 Å². The fourth-order valence-corrected chi connectivity index (χ4v) is 2.83. The highest BCUT2D eigenvalue weighted by atomic mass is 35.5. The summed E-state index contributed by atoms with van der Waals surface area (Å²) in [6.07, 6.45) is -0.551. The van der Waals surface area contributed by atoms with Gasteiger partial charge in [-0.3, -0.25) is 14.6 Å². The van der Waals surface area contributed by atoms with Crippen molar-refractivity contribution in [2.75, 3.05) is 39.8 Å². The number of aliphatic hydroxyl groups excluding tert-OH is 1. The van der Waals surface area contributed by atoms with Crippen LogP contribution < -0.4 is 4.74 Å². The van der Waals surface area contributed by atoms with E-state index in [1.807, 2.05) is 18.2 Å². The molecule has 0 radical (unpaired) electrons. The van der Waals surface area contributed by atoms with Crippen molar-refractivity contribution in [3.05, 3.63) is 29.3 Å². The third-order valence-electron chi connectivity index (χ3n) is 3.79. The minimum atomic E-state index is -0.893. The van der Waals surface area contributed by atoms with Crippen molar-refractivity contribution in [2.45, 2.75) is 12.1 Å². The van der Waals surface area contributed by atoms with E-state index in [2.05, 4.69) is 4.90 Å². The molecule has 0 bridgehead atoms. The summed E-state index contributed by atoms with van der Waals surface area (Å²) in [5, 5.41) is 19.5. The van der Waals surface area contributed by atoms with Gasteiger partial charge in [0.1, 0.15) is 12.4 Å². The van der Waals surface area contributed by atoms with Crippen LogP contribution in [0.2, 0.25) is 5.02 Å². The van der Waals surface area contributed by atoms with Crippen LogP contribution in [0.4, 0.5) is 0 Å². The molecular weight excluding hydrogens is 308 g/mol. The summed E-state index contributed by atoms with van der Waals surface area (Å²) in [5.74, 6) is -0.251. The van der Waals surface area contributed by atoms with Crippen LogP contribution in [0.1, 0.15) is 0 Å². The number of β-amino-alcohol motifs (C(OH)–C–C–N with tert-alkyl or cyclic N) is 1. The van der Waals surface area contributed by atoms with Gasteiger partial charge in [-0.2, -0.15) is 0 Å². The highest BCUT2D eigenvalue weighted by Crippen LogP contribution is 2.23. The maximum Gasteiger partial charge on any atom is 0.317 e. The molecule has 0 amide bonds. The number of ether oxygens (including phenoxy) is 1. The van der Waals surface area contributed by atoms with Gasteiger partial charge in [0.25, 0.3) is 0 Å². The van der Waals surface area contributed by atoms with E-state index in [9.17, 15) is 9.90 Å². The Kier molecular flexibility index (Phi) is 6.02. The van der Waals surface area contributed by atoms with Crippen LogP contribution in [-0.2, 0) is 4.79 Å². The number of benzene rings is 1. The topological polar surface area (TPSA) is 73.2 Å². The second-order valence-electron chi connectivity index (χ2n) is 5.48. The summed E-state index contributed by atoms with van der Waals surface area (Å²) >= 11 is 6.02. The monoisotopic (exact) mass is 328 g/mol. The minimum absolute atomic E-state index is 0.0777. The number of likely N-dealkylation sites (N-methyl/N-ethyl adjacent to an activating group) is 1. The Balaban J connectivity index is 1.78. The molecule has 1 aromatic rings. The first kappa shape index (κ1) is 17.0. The average molecular weight is 329 g/mol. The highest BCUT2D eigenvalue weighted by Gasteiger charge is 2.34. The molecule has 1 heterocycles. The molecule has 1 fully saturated rings. The number of nitrogens with zero attached hydrogens (tertiary/aromatic N) is 2. The van der Waals surface area contributed by atoms with Gasteiger partial charge in [-0.15, -0.1) is 0 Å². The predicted molar refractivity (Wildman–Crippen MR) is 83.4 cm³/mol. The molecule has 2 N–H and O–H groups in total. The van der Waals surface area contributed by atoms with Crippen LogP contribution >= 0.6 is 11.6 Å². The van der Waals surface area contributed by atoms with Crippen molar-refractivity contribution >= 4 is 17.6 Å². The number of carbonyl (C=O) groups is 1. The van der Waals surface area contributed by atoms with E-state index in [0.29, 0.717) is 37.0 Å². The molecule has 1 aromatic carbocycles. The molecule has 1 saturated heterocycles. The Bertz CT molecular complexity index is 514. The number of hydrogen-bond acceptors (Lipinski definition) is 5. The summed E-state index contributed by atoms with van der Waals surface area (Å²) in [5.41, 5.74) is 0. The zero-order valence-electron chi connectivity index (χ0n) is 12.5. The number of carboxylic acid groups (broad SMARTS) is 1. The molecule has 0 saturated carbocycles. The molecule has 0 spiro atoms. The number of likely N-dealkylation sites (tertiary alicyclic amines) is 1. The van der Waals surface area contributed by atoms with Crippen LogP contribution in [-0.4, -0.2) is 78.0 Å². The first-order valence-electron chi connectivity index (χ1n) is 7.17. The van der Waals surface area contributed by atoms with Gasteiger partial charge in [0, 0.05) is 25.7 Å². The molecule has 1 aliphatic rings. The quantitative estimate of drug-likeness (QED) is 0.770. The standard InChI is InChI=1S/C15H21ClN2O4/c1-17(10-15(20)21)12-8-18(9-13(12)19)6-7-22-14-5-3-2-4-11(14)16/h2-5,12-13,19H,6-10H2,1H3,(H,20,21)/t12?,13-/m1/s1. The summed E-state index contributed by atoms with van der Waals surface area (Å²) in [7, 11) is 1.71. The first-order chi connectivity index (χ1) is 10.5. The SMILES string of the molecule is CN(CC(=O)O)C1CN(CCOc2ccccc2Cl)C[C@H]1O. The molecule has 7 heteroatoms. The first-order valence-corrected chi connectivity index (χ1v) is 7.55. The van der Waals surface area contributed by atoms with E-state index in [0.717, 1.165) is 0 Å². The summed E-state index contributed by atoms with van der Waals surface area (Å²) in [6.45, 7) is 2.18. The molecule has 122 valence electrons. The van der Waals surface area contributed by atoms with Gasteiger partial charge in [-0.1, -0.05) is 23.7 Å². The Labute approximate surface area is 134 Å². The Morgan fingerprint density at radius 3 is 2.86 bits per heavy atom. The van der Waals surface area contributed by atoms with E-state index in [4.69, 9.17) is 21.4 Å². The van der Waals surface area contributed by atoms with Gasteiger partial charge in [0.15, 0.2) is 0 Å². The normalized spacial score (nSPS) is 22.2. The third kappa shape index (κ3) is 4.58. The van der Waals surface area contributed by atoms with Gasteiger partial charge in [0.05, 0.1) is 17.7 Å². The zero-order chi connectivity index (χ0) is 16.1. The maximum atomic E-state index is 10.7. The fraction of sp³-hybridized carbons (Fsp3) is 0.533. The number of aliphatic carboxylic acids is 1. The van der Waals surface area contributed by atoms with E-state index in [1.54, 1.807) is 18.0 Å². The van der Waals surface area contributed by atoms with Gasteiger partial charge in [0.2, 0.25) is 0 Å². The van der Waals surface area contributed by atoms with Crippen LogP contribution in [0.3, 0.4) is 0 Å². The van der Waals surface area contributed by atoms with Crippen molar-refractivity contribution < 1.29 is 19.7 Å². The van der Waals surface area contributed by atoms with Gasteiger partial charge < -0.3 is 14.9 Å². The lowest BCUT2D eigenvalue weighted by Gasteiger charge is -2.24. The predicted octanol–water partition coefficient (Wildman–Crippen LogP) is 0.780. The zero-order valence-corrected chi connectivity index (χ0v) is 13.2. The maximum absolute atomic E-state index is 10.7. The number of aliphatic hydroxyl groups is 1. The lowest BCUT2D eigenvalue weighted by atomic mass is 10.2. The Hall–Kier alpha value is -1.34. The van der Waals surface area contributed by atoms with Gasteiger partial charge in [-0.25, -0.2) is 0 Å². The molecule has 2 atom stereocenters. The van der Waals surface area contributed by atoms with Crippen molar-refractivity contribution in [3.8, 4) is 5.75 Å². The average Bonchev–Trinajstić information content (AvgIpc) is 2.81. The van der Waals surface area contributed by atoms with E-state index < -0.39 is 12.1 Å². The van der Waals surface area contributed by atoms with Gasteiger partial charge in [-0.05, 0) is 19.2 Å². The van der Waals surface area contributed by atoms with Crippen molar-refractivity contribution in [1.82, 2.24) is 9.80 Å². The molecule has 1 unspecified atom stereocenters. The lowest BCUT2D eigenvalue weighted by Crippen LogP contribution is -2.43. The van der Waals surface area contributed by atoms with Crippen molar-refractivity contribution in [3.63, 3.8) is 0 Å². The number of carboxylic acids is 1. The highest BCUT2D eigenvalue weighted by molar-refractivity contribution is 6.32. The second-order valence-corrected chi connectivity index (χ2v) is 5.89. The third-order valence-corrected chi connectivity index (χ3v) is 4.10. The molecule has 6 nitrogen and oxygen atoms in total. The Morgan fingerprint density at radius 2 is 2.18 bits per heavy atom. The minimum Gasteiger partial charge on any atom is -0.491 e. The Morgan fingerprint density at radius 1 is 1.45 bits per heavy atom. The molecule has 22 heavy (non-hydrogen) atoms. The van der Waals surface area contributed by atoms with Crippen molar-refractivity contribution in [1.29, 1.82) is 0 Å². The van der Waals surface area contributed by atoms with E-state index in [1.165, 1.54) is 0 Å². The fourth-order valence-electron chi connectivity index (χ4n) is 2.64. The molecular formula is C15H21ClN2O4. The smallest absolute Gasteiger partial charge is 0.317 e. The van der Waals surface area contributed by atoms with Crippen molar-refractivity contribution in [2.24, 2.45) is 0 Å². The number of para-hydroxylation sites is 1.